The predicted octanol–water partition coefficient (Wildman–Crippen LogP) is 3.15. The Labute approximate surface area is 180 Å². The van der Waals surface area contributed by atoms with Crippen molar-refractivity contribution in [3.63, 3.8) is 0 Å². The molecule has 0 bridgehead atoms. The molecule has 3 rings (SSSR count). The Morgan fingerprint density at radius 2 is 1.80 bits per heavy atom. The lowest BCUT2D eigenvalue weighted by Crippen LogP contribution is -2.48. The molecule has 2 atom stereocenters. The summed E-state index contributed by atoms with van der Waals surface area (Å²) in [4.78, 5) is 49.4. The zero-order valence-electron chi connectivity index (χ0n) is 17.5. The van der Waals surface area contributed by atoms with Gasteiger partial charge in [0.05, 0.1) is 5.56 Å². The second kappa shape index (κ2) is 10.1. The number of carbonyl (C=O) groups is 4. The van der Waals surface area contributed by atoms with Crippen LogP contribution in [0.1, 0.15) is 73.2 Å². The number of ether oxygens (including phenoxy) is 1. The third-order valence-corrected chi connectivity index (χ3v) is 6.89. The molecule has 30 heavy (non-hydrogen) atoms. The maximum absolute atomic E-state index is 12.7. The minimum Gasteiger partial charge on any atom is -0.452 e. The molecule has 2 aliphatic rings. The van der Waals surface area contributed by atoms with E-state index in [0.717, 1.165) is 61.8 Å². The highest BCUT2D eigenvalue weighted by Gasteiger charge is 2.28. The molecule has 3 N–H and O–H groups in total. The summed E-state index contributed by atoms with van der Waals surface area (Å²) in [6, 6.07) is -0.520. The number of fused-ring (bicyclic) bond motifs is 1. The number of aryl methyl sites for hydroxylation is 1. The normalized spacial score (nSPS) is 20.6. The summed E-state index contributed by atoms with van der Waals surface area (Å²) < 4.78 is 5.17. The van der Waals surface area contributed by atoms with Gasteiger partial charge >= 0.3 is 12.0 Å². The number of carbonyl (C=O) groups excluding carboxylic acids is 4. The number of nitrogens with one attached hydrogen (secondary N) is 3. The molecule has 0 aromatic carbocycles. The molecule has 8 nitrogen and oxygen atoms in total. The molecule has 0 aliphatic heterocycles. The highest BCUT2D eigenvalue weighted by atomic mass is 32.1. The highest BCUT2D eigenvalue weighted by Crippen LogP contribution is 2.38. The molecule has 0 radical (unpaired) electrons. The first-order valence-electron chi connectivity index (χ1n) is 10.5. The smallest absolute Gasteiger partial charge is 0.341 e. The topological polar surface area (TPSA) is 114 Å². The molecule has 9 heteroatoms. The molecular weight excluding hydrogens is 406 g/mol. The van der Waals surface area contributed by atoms with Crippen LogP contribution in [-0.4, -0.2) is 36.5 Å². The van der Waals surface area contributed by atoms with Gasteiger partial charge in [-0.25, -0.2) is 9.59 Å². The van der Waals surface area contributed by atoms with Crippen LogP contribution in [0.4, 0.5) is 9.80 Å². The zero-order valence-corrected chi connectivity index (χ0v) is 18.3. The first kappa shape index (κ1) is 22.3. The monoisotopic (exact) mass is 435 g/mol. The Bertz CT molecular complexity index is 835. The molecular formula is C21H29N3O5S. The number of anilines is 1. The quantitative estimate of drug-likeness (QED) is 0.615. The Balaban J connectivity index is 1.56. The SMILES string of the molecule is CC(=O)Nc1sc2c(c1C(=O)OCC(=O)NC(=O)NC1CCCCC1C)CCCC2. The van der Waals surface area contributed by atoms with Gasteiger partial charge in [-0.3, -0.25) is 14.9 Å². The summed E-state index contributed by atoms with van der Waals surface area (Å²) in [5.74, 6) is -1.24. The number of imide groups is 1. The Morgan fingerprint density at radius 3 is 2.53 bits per heavy atom. The van der Waals surface area contributed by atoms with E-state index in [2.05, 4.69) is 22.9 Å². The lowest BCUT2D eigenvalue weighted by molar-refractivity contribution is -0.123. The molecule has 2 aliphatic carbocycles. The standard InChI is InChI=1S/C21H29N3O5S/c1-12-7-3-5-9-15(12)23-21(28)24-17(26)11-29-20(27)18-14-8-4-6-10-16(14)30-19(18)22-13(2)25/h12,15H,3-11H2,1-2H3,(H,22,25)(H2,23,24,26,28). The minimum absolute atomic E-state index is 0.0478. The molecule has 4 amide bonds. The van der Waals surface area contributed by atoms with Crippen LogP contribution in [0.5, 0.6) is 0 Å². The number of thiophene rings is 1. The van der Waals surface area contributed by atoms with E-state index in [4.69, 9.17) is 4.74 Å². The summed E-state index contributed by atoms with van der Waals surface area (Å²) >= 11 is 1.39. The average molecular weight is 436 g/mol. The Kier molecular flexibility index (Phi) is 7.47. The fraction of sp³-hybridized carbons (Fsp3) is 0.619. The van der Waals surface area contributed by atoms with E-state index in [9.17, 15) is 19.2 Å². The van der Waals surface area contributed by atoms with E-state index in [1.54, 1.807) is 0 Å². The van der Waals surface area contributed by atoms with Gasteiger partial charge in [-0.1, -0.05) is 19.8 Å². The molecule has 1 aromatic rings. The van der Waals surface area contributed by atoms with Crippen LogP contribution in [0.2, 0.25) is 0 Å². The molecule has 1 saturated carbocycles. The van der Waals surface area contributed by atoms with Crippen molar-refractivity contribution in [1.29, 1.82) is 0 Å². The summed E-state index contributed by atoms with van der Waals surface area (Å²) in [5.41, 5.74) is 1.22. The first-order valence-corrected chi connectivity index (χ1v) is 11.4. The summed E-state index contributed by atoms with van der Waals surface area (Å²) in [7, 11) is 0. The number of urea groups is 1. The van der Waals surface area contributed by atoms with Gasteiger partial charge in [0.2, 0.25) is 5.91 Å². The van der Waals surface area contributed by atoms with Crippen molar-refractivity contribution in [3.8, 4) is 0 Å². The van der Waals surface area contributed by atoms with Crippen molar-refractivity contribution in [2.45, 2.75) is 71.3 Å². The first-order chi connectivity index (χ1) is 14.3. The van der Waals surface area contributed by atoms with Crippen LogP contribution >= 0.6 is 11.3 Å². The van der Waals surface area contributed by atoms with E-state index in [0.29, 0.717) is 16.5 Å². The van der Waals surface area contributed by atoms with E-state index in [1.165, 1.54) is 18.3 Å². The summed E-state index contributed by atoms with van der Waals surface area (Å²) in [5, 5.41) is 8.21. The fourth-order valence-corrected chi connectivity index (χ4v) is 5.45. The van der Waals surface area contributed by atoms with Gasteiger partial charge in [0.25, 0.3) is 5.91 Å². The number of esters is 1. The van der Waals surface area contributed by atoms with Crippen molar-refractivity contribution in [3.05, 3.63) is 16.0 Å². The van der Waals surface area contributed by atoms with Crippen LogP contribution in [0.15, 0.2) is 0 Å². The molecule has 2 unspecified atom stereocenters. The maximum atomic E-state index is 12.7. The molecule has 1 aromatic heterocycles. The lowest BCUT2D eigenvalue weighted by Gasteiger charge is -2.29. The van der Waals surface area contributed by atoms with Gasteiger partial charge < -0.3 is 15.4 Å². The van der Waals surface area contributed by atoms with Gasteiger partial charge in [-0.15, -0.1) is 11.3 Å². The van der Waals surface area contributed by atoms with E-state index < -0.39 is 24.5 Å². The van der Waals surface area contributed by atoms with Crippen molar-refractivity contribution in [2.24, 2.45) is 5.92 Å². The van der Waals surface area contributed by atoms with Crippen LogP contribution in [0.3, 0.4) is 0 Å². The molecule has 1 heterocycles. The van der Waals surface area contributed by atoms with Crippen molar-refractivity contribution in [2.75, 3.05) is 11.9 Å². The molecule has 0 saturated heterocycles. The highest BCUT2D eigenvalue weighted by molar-refractivity contribution is 7.17. The van der Waals surface area contributed by atoms with Gasteiger partial charge in [0.1, 0.15) is 5.00 Å². The summed E-state index contributed by atoms with van der Waals surface area (Å²) in [6.45, 7) is 2.91. The molecule has 164 valence electrons. The van der Waals surface area contributed by atoms with Crippen LogP contribution in [0, 0.1) is 5.92 Å². The fourth-order valence-electron chi connectivity index (χ4n) is 4.13. The zero-order chi connectivity index (χ0) is 21.7. The van der Waals surface area contributed by atoms with Gasteiger partial charge in [-0.05, 0) is 50.0 Å². The van der Waals surface area contributed by atoms with E-state index in [1.807, 2.05) is 0 Å². The minimum atomic E-state index is -0.686. The Hall–Kier alpha value is -2.42. The van der Waals surface area contributed by atoms with Crippen molar-refractivity contribution < 1.29 is 23.9 Å². The van der Waals surface area contributed by atoms with E-state index in [-0.39, 0.29) is 11.9 Å². The maximum Gasteiger partial charge on any atom is 0.341 e. The number of hydrogen-bond donors (Lipinski definition) is 3. The number of amides is 4. The second-order valence-electron chi connectivity index (χ2n) is 8.06. The van der Waals surface area contributed by atoms with Crippen molar-refractivity contribution in [1.82, 2.24) is 10.6 Å². The van der Waals surface area contributed by atoms with Gasteiger partial charge in [0, 0.05) is 17.8 Å². The lowest BCUT2D eigenvalue weighted by atomic mass is 9.86. The summed E-state index contributed by atoms with van der Waals surface area (Å²) in [6.07, 6.45) is 7.77. The second-order valence-corrected chi connectivity index (χ2v) is 9.17. The Morgan fingerprint density at radius 1 is 1.07 bits per heavy atom. The third-order valence-electron chi connectivity index (χ3n) is 5.68. The van der Waals surface area contributed by atoms with Gasteiger partial charge in [-0.2, -0.15) is 0 Å². The van der Waals surface area contributed by atoms with Crippen molar-refractivity contribution >= 4 is 40.2 Å². The molecule has 1 fully saturated rings. The average Bonchev–Trinajstić information content (AvgIpc) is 3.05. The molecule has 0 spiro atoms. The van der Waals surface area contributed by atoms with E-state index >= 15 is 0 Å². The van der Waals surface area contributed by atoms with Crippen LogP contribution in [-0.2, 0) is 27.2 Å². The predicted molar refractivity (Wildman–Crippen MR) is 114 cm³/mol. The largest absolute Gasteiger partial charge is 0.452 e. The number of rotatable bonds is 5. The number of hydrogen-bond acceptors (Lipinski definition) is 6. The van der Waals surface area contributed by atoms with Crippen LogP contribution < -0.4 is 16.0 Å². The third kappa shape index (κ3) is 5.59. The van der Waals surface area contributed by atoms with Gasteiger partial charge in [0.15, 0.2) is 6.61 Å². The van der Waals surface area contributed by atoms with Crippen LogP contribution in [0.25, 0.3) is 0 Å².